The van der Waals surface area contributed by atoms with Gasteiger partial charge in [0.25, 0.3) is 0 Å². The van der Waals surface area contributed by atoms with Crippen molar-refractivity contribution in [2.45, 2.75) is 38.1 Å². The molecule has 0 aliphatic carbocycles. The number of sulfonamides is 1. The molecular weight excluding hydrogens is 278 g/mol. The van der Waals surface area contributed by atoms with Gasteiger partial charge in [0.15, 0.2) is 0 Å². The summed E-state index contributed by atoms with van der Waals surface area (Å²) in [6.07, 6.45) is 0.533. The molecule has 0 aliphatic rings. The van der Waals surface area contributed by atoms with Crippen molar-refractivity contribution in [3.63, 3.8) is 0 Å². The quantitative estimate of drug-likeness (QED) is 0.767. The normalized spacial score (nSPS) is 13.4. The van der Waals surface area contributed by atoms with E-state index in [0.717, 1.165) is 0 Å². The summed E-state index contributed by atoms with van der Waals surface area (Å²) in [6.45, 7) is 6.27. The van der Waals surface area contributed by atoms with Crippen LogP contribution in [0.4, 0.5) is 0 Å². The van der Waals surface area contributed by atoms with Crippen LogP contribution in [0.25, 0.3) is 0 Å². The van der Waals surface area contributed by atoms with Crippen molar-refractivity contribution in [2.75, 3.05) is 13.2 Å². The Bertz CT molecular complexity index is 492. The van der Waals surface area contributed by atoms with Gasteiger partial charge in [0.05, 0.1) is 18.1 Å². The molecule has 0 saturated carbocycles. The summed E-state index contributed by atoms with van der Waals surface area (Å²) in [6, 6.07) is 5.81. The highest BCUT2D eigenvalue weighted by atomic mass is 32.2. The van der Waals surface area contributed by atoms with E-state index in [1.807, 2.05) is 20.8 Å². The van der Waals surface area contributed by atoms with Crippen molar-refractivity contribution in [3.05, 3.63) is 24.3 Å². The van der Waals surface area contributed by atoms with Crippen LogP contribution in [0.2, 0.25) is 0 Å². The zero-order chi connectivity index (χ0) is 15.2. The van der Waals surface area contributed by atoms with Gasteiger partial charge in [0.1, 0.15) is 5.75 Å². The van der Waals surface area contributed by atoms with Gasteiger partial charge in [-0.1, -0.05) is 20.8 Å². The zero-order valence-corrected chi connectivity index (χ0v) is 13.0. The molecule has 1 atom stereocenters. The number of aliphatic hydroxyl groups excluding tert-OH is 1. The molecule has 0 heterocycles. The first-order valence-electron chi connectivity index (χ1n) is 6.75. The summed E-state index contributed by atoms with van der Waals surface area (Å²) in [7, 11) is -3.60. The zero-order valence-electron chi connectivity index (χ0n) is 12.2. The number of rotatable bonds is 8. The molecule has 0 saturated heterocycles. The lowest BCUT2D eigenvalue weighted by Crippen LogP contribution is -2.36. The van der Waals surface area contributed by atoms with E-state index >= 15 is 0 Å². The fourth-order valence-corrected chi connectivity index (χ4v) is 2.83. The number of nitrogens with one attached hydrogen (secondary N) is 1. The van der Waals surface area contributed by atoms with Crippen molar-refractivity contribution in [1.29, 1.82) is 0 Å². The van der Waals surface area contributed by atoms with Gasteiger partial charge >= 0.3 is 0 Å². The van der Waals surface area contributed by atoms with Crippen molar-refractivity contribution in [1.82, 2.24) is 4.72 Å². The van der Waals surface area contributed by atoms with Crippen molar-refractivity contribution >= 4 is 10.0 Å². The minimum absolute atomic E-state index is 0.168. The SMILES string of the molecule is CCC(CO)NS(=O)(=O)c1ccc(OCC(C)C)cc1. The van der Waals surface area contributed by atoms with E-state index in [1.54, 1.807) is 12.1 Å². The lowest BCUT2D eigenvalue weighted by atomic mass is 10.2. The predicted octanol–water partition coefficient (Wildman–Crippen LogP) is 1.77. The Balaban J connectivity index is 2.76. The fraction of sp³-hybridized carbons (Fsp3) is 0.571. The van der Waals surface area contributed by atoms with Gasteiger partial charge < -0.3 is 9.84 Å². The highest BCUT2D eigenvalue weighted by Gasteiger charge is 2.18. The molecule has 0 bridgehead atoms. The maximum absolute atomic E-state index is 12.1. The lowest BCUT2D eigenvalue weighted by Gasteiger charge is -2.14. The Hall–Kier alpha value is -1.11. The van der Waals surface area contributed by atoms with Gasteiger partial charge in [-0.2, -0.15) is 0 Å². The lowest BCUT2D eigenvalue weighted by molar-refractivity contribution is 0.254. The smallest absolute Gasteiger partial charge is 0.240 e. The van der Waals surface area contributed by atoms with Crippen LogP contribution in [0, 0.1) is 5.92 Å². The van der Waals surface area contributed by atoms with Crippen LogP contribution in [-0.4, -0.2) is 32.8 Å². The van der Waals surface area contributed by atoms with E-state index in [1.165, 1.54) is 12.1 Å². The first kappa shape index (κ1) is 16.9. The van der Waals surface area contributed by atoms with Gasteiger partial charge in [0.2, 0.25) is 10.0 Å². The van der Waals surface area contributed by atoms with Crippen LogP contribution >= 0.6 is 0 Å². The second-order valence-electron chi connectivity index (χ2n) is 5.09. The van der Waals surface area contributed by atoms with Gasteiger partial charge in [-0.05, 0) is 36.6 Å². The molecule has 1 rings (SSSR count). The first-order valence-corrected chi connectivity index (χ1v) is 8.23. The number of hydrogen-bond donors (Lipinski definition) is 2. The minimum Gasteiger partial charge on any atom is -0.493 e. The number of ether oxygens (including phenoxy) is 1. The second-order valence-corrected chi connectivity index (χ2v) is 6.80. The first-order chi connectivity index (χ1) is 9.39. The average Bonchev–Trinajstić information content (AvgIpc) is 2.43. The van der Waals surface area contributed by atoms with E-state index in [-0.39, 0.29) is 11.5 Å². The standard InChI is InChI=1S/C14H23NO4S/c1-4-12(9-16)15-20(17,18)14-7-5-13(6-8-14)19-10-11(2)3/h5-8,11-12,15-16H,4,9-10H2,1-3H3. The van der Waals surface area contributed by atoms with Crippen molar-refractivity contribution in [3.8, 4) is 5.75 Å². The summed E-state index contributed by atoms with van der Waals surface area (Å²) in [5, 5.41) is 9.06. The third kappa shape index (κ3) is 5.11. The molecule has 0 aromatic heterocycles. The molecule has 5 nitrogen and oxygen atoms in total. The third-order valence-electron chi connectivity index (χ3n) is 2.75. The minimum atomic E-state index is -3.60. The predicted molar refractivity (Wildman–Crippen MR) is 78.3 cm³/mol. The Labute approximate surface area is 121 Å². The molecule has 6 heteroatoms. The van der Waals surface area contributed by atoms with Crippen LogP contribution in [-0.2, 0) is 10.0 Å². The monoisotopic (exact) mass is 301 g/mol. The molecule has 1 aromatic carbocycles. The van der Waals surface area contributed by atoms with Gasteiger partial charge in [-0.15, -0.1) is 0 Å². The Kier molecular flexibility index (Phi) is 6.45. The molecule has 0 spiro atoms. The summed E-state index contributed by atoms with van der Waals surface area (Å²) in [4.78, 5) is 0.168. The molecule has 1 aromatic rings. The highest BCUT2D eigenvalue weighted by molar-refractivity contribution is 7.89. The average molecular weight is 301 g/mol. The summed E-state index contributed by atoms with van der Waals surface area (Å²) in [5.74, 6) is 1.06. The molecule has 20 heavy (non-hydrogen) atoms. The molecule has 0 fully saturated rings. The van der Waals surface area contributed by atoms with Crippen LogP contribution in [0.5, 0.6) is 5.75 Å². The van der Waals surface area contributed by atoms with Gasteiger partial charge in [-0.25, -0.2) is 13.1 Å². The van der Waals surface area contributed by atoms with E-state index in [9.17, 15) is 8.42 Å². The largest absolute Gasteiger partial charge is 0.493 e. The van der Waals surface area contributed by atoms with Crippen LogP contribution in [0.15, 0.2) is 29.2 Å². The molecule has 0 aliphatic heterocycles. The van der Waals surface area contributed by atoms with Crippen molar-refractivity contribution in [2.24, 2.45) is 5.92 Å². The Morgan fingerprint density at radius 1 is 1.25 bits per heavy atom. The highest BCUT2D eigenvalue weighted by Crippen LogP contribution is 2.17. The molecule has 0 amide bonds. The summed E-state index contributed by atoms with van der Waals surface area (Å²) in [5.41, 5.74) is 0. The van der Waals surface area contributed by atoms with Crippen LogP contribution in [0.3, 0.4) is 0 Å². The Morgan fingerprint density at radius 2 is 1.85 bits per heavy atom. The third-order valence-corrected chi connectivity index (χ3v) is 4.29. The molecular formula is C14H23NO4S. The summed E-state index contributed by atoms with van der Waals surface area (Å²) < 4.78 is 32.1. The van der Waals surface area contributed by atoms with E-state index < -0.39 is 16.1 Å². The number of hydrogen-bond acceptors (Lipinski definition) is 4. The number of aliphatic hydroxyl groups is 1. The van der Waals surface area contributed by atoms with E-state index in [4.69, 9.17) is 9.84 Å². The number of benzene rings is 1. The maximum Gasteiger partial charge on any atom is 0.240 e. The topological polar surface area (TPSA) is 75.6 Å². The molecule has 1 unspecified atom stereocenters. The molecule has 114 valence electrons. The fourth-order valence-electron chi connectivity index (χ4n) is 1.52. The van der Waals surface area contributed by atoms with Crippen LogP contribution < -0.4 is 9.46 Å². The second kappa shape index (κ2) is 7.61. The van der Waals surface area contributed by atoms with Crippen LogP contribution in [0.1, 0.15) is 27.2 Å². The summed E-state index contributed by atoms with van der Waals surface area (Å²) >= 11 is 0. The molecule has 2 N–H and O–H groups in total. The maximum atomic E-state index is 12.1. The van der Waals surface area contributed by atoms with Crippen molar-refractivity contribution < 1.29 is 18.3 Å². The van der Waals surface area contributed by atoms with E-state index in [2.05, 4.69) is 4.72 Å². The molecule has 0 radical (unpaired) electrons. The Morgan fingerprint density at radius 3 is 2.30 bits per heavy atom. The van der Waals surface area contributed by atoms with E-state index in [0.29, 0.717) is 24.7 Å². The van der Waals surface area contributed by atoms with Gasteiger partial charge in [0, 0.05) is 6.04 Å². The van der Waals surface area contributed by atoms with Gasteiger partial charge in [-0.3, -0.25) is 0 Å².